The van der Waals surface area contributed by atoms with Gasteiger partial charge in [0.15, 0.2) is 0 Å². The van der Waals surface area contributed by atoms with Gasteiger partial charge in [-0.15, -0.1) is 0 Å². The molecule has 0 aromatic carbocycles. The van der Waals surface area contributed by atoms with Gasteiger partial charge >= 0.3 is 0 Å². The first-order valence-electron chi connectivity index (χ1n) is 7.22. The summed E-state index contributed by atoms with van der Waals surface area (Å²) in [4.78, 5) is 0. The Bertz CT molecular complexity index is 645. The fraction of sp³-hybridized carbons (Fsp3) is 0.600. The van der Waals surface area contributed by atoms with Crippen LogP contribution >= 0.6 is 15.9 Å². The van der Waals surface area contributed by atoms with E-state index in [0.717, 1.165) is 39.2 Å². The lowest BCUT2D eigenvalue weighted by Crippen LogP contribution is -2.17. The van der Waals surface area contributed by atoms with E-state index in [1.54, 1.807) is 0 Å². The normalized spacial score (nSPS) is 12.9. The van der Waals surface area contributed by atoms with Gasteiger partial charge in [-0.2, -0.15) is 10.2 Å². The third-order valence-electron chi connectivity index (χ3n) is 4.03. The monoisotopic (exact) mass is 354 g/mol. The molecule has 0 aliphatic carbocycles. The smallest absolute Gasteiger partial charge is 0.0766 e. The molecular formula is C15H23BrN4O. The Balaban J connectivity index is 2.15. The van der Waals surface area contributed by atoms with Crippen molar-refractivity contribution in [2.75, 3.05) is 0 Å². The minimum atomic E-state index is -0.442. The number of hydrogen-bond acceptors (Lipinski definition) is 3. The van der Waals surface area contributed by atoms with Gasteiger partial charge in [-0.3, -0.25) is 9.36 Å². The molecule has 0 radical (unpaired) electrons. The SMILES string of the molecule is CCc1nn(C)c(CC(O)Cc2c(C)nn(C)c2C)c1Br. The van der Waals surface area contributed by atoms with Crippen LogP contribution in [-0.4, -0.2) is 30.8 Å². The van der Waals surface area contributed by atoms with Crippen molar-refractivity contribution in [2.45, 2.75) is 46.1 Å². The molecule has 2 aromatic heterocycles. The second kappa shape index (κ2) is 6.32. The lowest BCUT2D eigenvalue weighted by Gasteiger charge is -2.12. The van der Waals surface area contributed by atoms with Gasteiger partial charge < -0.3 is 5.11 Å². The van der Waals surface area contributed by atoms with Gasteiger partial charge in [-0.1, -0.05) is 6.92 Å². The van der Waals surface area contributed by atoms with Gasteiger partial charge in [-0.05, 0) is 41.8 Å². The molecule has 116 valence electrons. The lowest BCUT2D eigenvalue weighted by atomic mass is 10.0. The van der Waals surface area contributed by atoms with Crippen molar-refractivity contribution in [1.29, 1.82) is 0 Å². The Morgan fingerprint density at radius 2 is 1.81 bits per heavy atom. The zero-order valence-corrected chi connectivity index (χ0v) is 14.9. The third kappa shape index (κ3) is 3.21. The molecular weight excluding hydrogens is 332 g/mol. The zero-order valence-electron chi connectivity index (χ0n) is 13.3. The van der Waals surface area contributed by atoms with E-state index in [-0.39, 0.29) is 0 Å². The van der Waals surface area contributed by atoms with Gasteiger partial charge in [0, 0.05) is 32.6 Å². The molecule has 0 amide bonds. The number of rotatable bonds is 5. The number of aryl methyl sites for hydroxylation is 4. The quantitative estimate of drug-likeness (QED) is 0.895. The van der Waals surface area contributed by atoms with Gasteiger partial charge in [0.1, 0.15) is 0 Å². The Morgan fingerprint density at radius 1 is 1.14 bits per heavy atom. The van der Waals surface area contributed by atoms with Crippen molar-refractivity contribution in [3.8, 4) is 0 Å². The molecule has 0 fully saturated rings. The summed E-state index contributed by atoms with van der Waals surface area (Å²) in [5.74, 6) is 0. The summed E-state index contributed by atoms with van der Waals surface area (Å²) in [6, 6.07) is 0. The van der Waals surface area contributed by atoms with E-state index in [0.29, 0.717) is 12.8 Å². The number of aliphatic hydroxyl groups excluding tert-OH is 1. The minimum absolute atomic E-state index is 0.442. The van der Waals surface area contributed by atoms with E-state index in [4.69, 9.17) is 0 Å². The molecule has 0 saturated carbocycles. The number of aromatic nitrogens is 4. The Kier molecular flexibility index (Phi) is 4.88. The van der Waals surface area contributed by atoms with Crippen LogP contribution in [0.2, 0.25) is 0 Å². The predicted octanol–water partition coefficient (Wildman–Crippen LogP) is 2.24. The highest BCUT2D eigenvalue weighted by Gasteiger charge is 2.19. The fourth-order valence-corrected chi connectivity index (χ4v) is 3.46. The van der Waals surface area contributed by atoms with Crippen LogP contribution in [-0.2, 0) is 33.4 Å². The predicted molar refractivity (Wildman–Crippen MR) is 86.4 cm³/mol. The molecule has 2 heterocycles. The fourth-order valence-electron chi connectivity index (χ4n) is 2.69. The van der Waals surface area contributed by atoms with Crippen LogP contribution in [0.3, 0.4) is 0 Å². The maximum atomic E-state index is 10.4. The first kappa shape index (κ1) is 16.2. The van der Waals surface area contributed by atoms with Crippen LogP contribution < -0.4 is 0 Å². The van der Waals surface area contributed by atoms with Crippen LogP contribution in [0.15, 0.2) is 4.47 Å². The Morgan fingerprint density at radius 3 is 2.29 bits per heavy atom. The third-order valence-corrected chi connectivity index (χ3v) is 4.95. The van der Waals surface area contributed by atoms with Gasteiger partial charge in [0.2, 0.25) is 0 Å². The highest BCUT2D eigenvalue weighted by Crippen LogP contribution is 2.24. The van der Waals surface area contributed by atoms with Crippen molar-refractivity contribution in [2.24, 2.45) is 14.1 Å². The van der Waals surface area contributed by atoms with Crippen LogP contribution in [0.5, 0.6) is 0 Å². The Labute approximate surface area is 134 Å². The summed E-state index contributed by atoms with van der Waals surface area (Å²) in [5, 5.41) is 19.3. The molecule has 6 heteroatoms. The molecule has 0 spiro atoms. The molecule has 1 unspecified atom stereocenters. The van der Waals surface area contributed by atoms with Crippen LogP contribution in [0.25, 0.3) is 0 Å². The number of aliphatic hydroxyl groups is 1. The van der Waals surface area contributed by atoms with E-state index in [1.807, 2.05) is 37.3 Å². The summed E-state index contributed by atoms with van der Waals surface area (Å²) in [6.07, 6.45) is 1.64. The second-order valence-electron chi connectivity index (χ2n) is 5.52. The summed E-state index contributed by atoms with van der Waals surface area (Å²) in [6.45, 7) is 6.11. The second-order valence-corrected chi connectivity index (χ2v) is 6.31. The molecule has 2 aromatic rings. The summed E-state index contributed by atoms with van der Waals surface area (Å²) in [7, 11) is 3.86. The highest BCUT2D eigenvalue weighted by atomic mass is 79.9. The standard InChI is InChI=1S/C15H23BrN4O/c1-6-13-15(16)14(20(5)18-13)8-11(21)7-12-9(2)17-19(4)10(12)3/h11,21H,6-8H2,1-5H3. The lowest BCUT2D eigenvalue weighted by molar-refractivity contribution is 0.172. The molecule has 0 saturated heterocycles. The minimum Gasteiger partial charge on any atom is -0.392 e. The largest absolute Gasteiger partial charge is 0.392 e. The topological polar surface area (TPSA) is 55.9 Å². The Hall–Kier alpha value is -1.14. The van der Waals surface area contributed by atoms with Crippen LogP contribution in [0.4, 0.5) is 0 Å². The zero-order chi connectivity index (χ0) is 15.7. The first-order chi connectivity index (χ1) is 9.85. The highest BCUT2D eigenvalue weighted by molar-refractivity contribution is 9.10. The van der Waals surface area contributed by atoms with E-state index >= 15 is 0 Å². The van der Waals surface area contributed by atoms with Crippen molar-refractivity contribution < 1.29 is 5.11 Å². The number of hydrogen-bond donors (Lipinski definition) is 1. The van der Waals surface area contributed by atoms with Gasteiger partial charge in [0.25, 0.3) is 0 Å². The van der Waals surface area contributed by atoms with Gasteiger partial charge in [-0.25, -0.2) is 0 Å². The van der Waals surface area contributed by atoms with Gasteiger partial charge in [0.05, 0.1) is 27.7 Å². The average Bonchev–Trinajstić information content (AvgIpc) is 2.83. The van der Waals surface area contributed by atoms with Crippen molar-refractivity contribution in [3.05, 3.63) is 32.8 Å². The maximum absolute atomic E-state index is 10.4. The van der Waals surface area contributed by atoms with E-state index < -0.39 is 6.10 Å². The summed E-state index contributed by atoms with van der Waals surface area (Å²) in [5.41, 5.74) is 5.32. The van der Waals surface area contributed by atoms with E-state index in [1.165, 1.54) is 0 Å². The molecule has 21 heavy (non-hydrogen) atoms. The summed E-state index contributed by atoms with van der Waals surface area (Å²) < 4.78 is 4.74. The van der Waals surface area contributed by atoms with Crippen LogP contribution in [0.1, 0.15) is 35.3 Å². The van der Waals surface area contributed by atoms with Crippen LogP contribution in [0, 0.1) is 13.8 Å². The molecule has 5 nitrogen and oxygen atoms in total. The molecule has 0 bridgehead atoms. The maximum Gasteiger partial charge on any atom is 0.0766 e. The van der Waals surface area contributed by atoms with Crippen molar-refractivity contribution in [1.82, 2.24) is 19.6 Å². The number of nitrogens with zero attached hydrogens (tertiary/aromatic N) is 4. The molecule has 2 rings (SSSR count). The van der Waals surface area contributed by atoms with E-state index in [9.17, 15) is 5.11 Å². The first-order valence-corrected chi connectivity index (χ1v) is 8.01. The van der Waals surface area contributed by atoms with Crippen molar-refractivity contribution in [3.63, 3.8) is 0 Å². The number of halogens is 1. The molecule has 1 N–H and O–H groups in total. The van der Waals surface area contributed by atoms with E-state index in [2.05, 4.69) is 33.1 Å². The summed E-state index contributed by atoms with van der Waals surface area (Å²) >= 11 is 3.60. The van der Waals surface area contributed by atoms with Crippen molar-refractivity contribution >= 4 is 15.9 Å². The molecule has 0 aliphatic heterocycles. The molecule has 1 atom stereocenters. The molecule has 0 aliphatic rings. The average molecular weight is 355 g/mol.